The van der Waals surface area contributed by atoms with E-state index in [0.717, 1.165) is 24.9 Å². The number of nitrogens with two attached hydrogens (primary N) is 1. The highest BCUT2D eigenvalue weighted by molar-refractivity contribution is 5.39. The first-order valence-corrected chi connectivity index (χ1v) is 4.83. The third-order valence-corrected chi connectivity index (χ3v) is 1.99. The van der Waals surface area contributed by atoms with Crippen LogP contribution in [0.3, 0.4) is 0 Å². The molecule has 0 saturated carbocycles. The van der Waals surface area contributed by atoms with Crippen LogP contribution in [0.25, 0.3) is 0 Å². The Kier molecular flexibility index (Phi) is 4.72. The smallest absolute Gasteiger partial charge is 0.126 e. The van der Waals surface area contributed by atoms with Crippen molar-refractivity contribution in [1.82, 2.24) is 10.3 Å². The Morgan fingerprint density at radius 1 is 1.50 bits per heavy atom. The third kappa shape index (κ3) is 3.58. The number of nitrogen functional groups attached to an aromatic ring is 1. The molecule has 14 heavy (non-hydrogen) atoms. The summed E-state index contributed by atoms with van der Waals surface area (Å²) in [6.07, 6.45) is 7.91. The van der Waals surface area contributed by atoms with Crippen LogP contribution in [0.5, 0.6) is 0 Å². The highest BCUT2D eigenvalue weighted by atomic mass is 14.8. The fraction of sp³-hybridized carbons (Fsp3) is 0.364. The minimum Gasteiger partial charge on any atom is -0.383 e. The van der Waals surface area contributed by atoms with E-state index in [-0.39, 0.29) is 0 Å². The maximum atomic E-state index is 5.70. The van der Waals surface area contributed by atoms with Crippen molar-refractivity contribution in [3.05, 3.63) is 36.0 Å². The van der Waals surface area contributed by atoms with E-state index in [9.17, 15) is 0 Å². The van der Waals surface area contributed by atoms with Crippen LogP contribution in [0.4, 0.5) is 5.82 Å². The molecule has 3 heteroatoms. The van der Waals surface area contributed by atoms with Gasteiger partial charge in [0.15, 0.2) is 0 Å². The Morgan fingerprint density at radius 2 is 2.36 bits per heavy atom. The number of anilines is 1. The first-order valence-electron chi connectivity index (χ1n) is 4.83. The zero-order valence-electron chi connectivity index (χ0n) is 8.53. The second kappa shape index (κ2) is 6.16. The molecule has 0 bridgehead atoms. The maximum Gasteiger partial charge on any atom is 0.126 e. The highest BCUT2D eigenvalue weighted by Gasteiger charge is 1.94. The lowest BCUT2D eigenvalue weighted by atomic mass is 10.2. The van der Waals surface area contributed by atoms with Crippen LogP contribution >= 0.6 is 0 Å². The summed E-state index contributed by atoms with van der Waals surface area (Å²) in [6.45, 7) is 1.01. The first-order chi connectivity index (χ1) is 6.84. The molecule has 1 aromatic rings. The van der Waals surface area contributed by atoms with Crippen molar-refractivity contribution in [3.8, 4) is 0 Å². The molecule has 76 valence electrons. The summed E-state index contributed by atoms with van der Waals surface area (Å²) in [6, 6.07) is 3.91. The minimum atomic E-state index is 0.630. The van der Waals surface area contributed by atoms with Crippen LogP contribution in [-0.2, 0) is 6.42 Å². The number of rotatable bonds is 5. The molecule has 0 radical (unpaired) electrons. The molecule has 0 aliphatic heterocycles. The SMILES string of the molecule is CNCCC=CCc1cccnc1N. The van der Waals surface area contributed by atoms with Crippen molar-refractivity contribution in [2.45, 2.75) is 12.8 Å². The van der Waals surface area contributed by atoms with Gasteiger partial charge in [-0.3, -0.25) is 0 Å². The zero-order valence-corrected chi connectivity index (χ0v) is 8.53. The van der Waals surface area contributed by atoms with E-state index >= 15 is 0 Å². The first kappa shape index (κ1) is 10.7. The summed E-state index contributed by atoms with van der Waals surface area (Å²) in [7, 11) is 1.95. The summed E-state index contributed by atoms with van der Waals surface area (Å²) < 4.78 is 0. The van der Waals surface area contributed by atoms with Gasteiger partial charge in [0.05, 0.1) is 0 Å². The summed E-state index contributed by atoms with van der Waals surface area (Å²) >= 11 is 0. The fourth-order valence-electron chi connectivity index (χ4n) is 1.18. The van der Waals surface area contributed by atoms with Crippen molar-refractivity contribution < 1.29 is 0 Å². The lowest BCUT2D eigenvalue weighted by molar-refractivity contribution is 0.806. The van der Waals surface area contributed by atoms with Gasteiger partial charge in [-0.2, -0.15) is 0 Å². The van der Waals surface area contributed by atoms with E-state index in [1.807, 2.05) is 19.2 Å². The van der Waals surface area contributed by atoms with Crippen LogP contribution in [0.1, 0.15) is 12.0 Å². The summed E-state index contributed by atoms with van der Waals surface area (Å²) in [5, 5.41) is 3.09. The molecule has 3 nitrogen and oxygen atoms in total. The second-order valence-electron chi connectivity index (χ2n) is 3.12. The molecule has 1 heterocycles. The molecule has 1 rings (SSSR count). The predicted molar refractivity (Wildman–Crippen MR) is 60.0 cm³/mol. The van der Waals surface area contributed by atoms with Gasteiger partial charge < -0.3 is 11.1 Å². The lowest BCUT2D eigenvalue weighted by Gasteiger charge is -1.99. The van der Waals surface area contributed by atoms with E-state index in [1.54, 1.807) is 6.20 Å². The molecule has 0 aliphatic rings. The van der Waals surface area contributed by atoms with Crippen molar-refractivity contribution in [1.29, 1.82) is 0 Å². The third-order valence-electron chi connectivity index (χ3n) is 1.99. The Hall–Kier alpha value is -1.35. The average molecular weight is 191 g/mol. The van der Waals surface area contributed by atoms with Crippen LogP contribution < -0.4 is 11.1 Å². The number of hydrogen-bond acceptors (Lipinski definition) is 3. The van der Waals surface area contributed by atoms with Gasteiger partial charge in [0, 0.05) is 6.20 Å². The monoisotopic (exact) mass is 191 g/mol. The quantitative estimate of drug-likeness (QED) is 0.546. The number of aromatic nitrogens is 1. The molecule has 0 aromatic carbocycles. The number of pyridine rings is 1. The molecule has 0 amide bonds. The van der Waals surface area contributed by atoms with Crippen molar-refractivity contribution in [2.24, 2.45) is 0 Å². The van der Waals surface area contributed by atoms with Crippen LogP contribution in [0.15, 0.2) is 30.5 Å². The van der Waals surface area contributed by atoms with Gasteiger partial charge in [0.25, 0.3) is 0 Å². The van der Waals surface area contributed by atoms with E-state index in [4.69, 9.17) is 5.73 Å². The standard InChI is InChI=1S/C11H17N3/c1-13-8-4-2-3-6-10-7-5-9-14-11(10)12/h2-3,5,7,9,13H,4,6,8H2,1H3,(H2,12,14). The predicted octanol–water partition coefficient (Wildman–Crippen LogP) is 1.37. The highest BCUT2D eigenvalue weighted by Crippen LogP contribution is 2.07. The number of nitrogens with one attached hydrogen (secondary N) is 1. The zero-order chi connectivity index (χ0) is 10.2. The topological polar surface area (TPSA) is 50.9 Å². The van der Waals surface area contributed by atoms with Gasteiger partial charge in [-0.15, -0.1) is 0 Å². The maximum absolute atomic E-state index is 5.70. The van der Waals surface area contributed by atoms with Crippen LogP contribution in [0, 0.1) is 0 Å². The Balaban J connectivity index is 2.38. The van der Waals surface area contributed by atoms with Crippen molar-refractivity contribution in [3.63, 3.8) is 0 Å². The van der Waals surface area contributed by atoms with Gasteiger partial charge in [-0.1, -0.05) is 18.2 Å². The van der Waals surface area contributed by atoms with Gasteiger partial charge in [0.2, 0.25) is 0 Å². The van der Waals surface area contributed by atoms with E-state index < -0.39 is 0 Å². The van der Waals surface area contributed by atoms with Crippen LogP contribution in [0.2, 0.25) is 0 Å². The summed E-state index contributed by atoms with van der Waals surface area (Å²) in [5.74, 6) is 0.630. The normalized spacial score (nSPS) is 10.9. The van der Waals surface area contributed by atoms with Gasteiger partial charge >= 0.3 is 0 Å². The number of allylic oxidation sites excluding steroid dienone is 1. The Bertz CT molecular complexity index is 294. The lowest BCUT2D eigenvalue weighted by Crippen LogP contribution is -2.05. The second-order valence-corrected chi connectivity index (χ2v) is 3.12. The summed E-state index contributed by atoms with van der Waals surface area (Å²) in [5.41, 5.74) is 6.80. The summed E-state index contributed by atoms with van der Waals surface area (Å²) in [4.78, 5) is 4.03. The molecule has 0 atom stereocenters. The van der Waals surface area contributed by atoms with Crippen molar-refractivity contribution >= 4 is 5.82 Å². The minimum absolute atomic E-state index is 0.630. The van der Waals surface area contributed by atoms with Gasteiger partial charge in [0.1, 0.15) is 5.82 Å². The van der Waals surface area contributed by atoms with E-state index in [1.165, 1.54) is 0 Å². The van der Waals surface area contributed by atoms with Gasteiger partial charge in [-0.05, 0) is 38.1 Å². The van der Waals surface area contributed by atoms with E-state index in [0.29, 0.717) is 5.82 Å². The number of hydrogen-bond donors (Lipinski definition) is 2. The Labute approximate surface area is 85.0 Å². The van der Waals surface area contributed by atoms with Crippen LogP contribution in [-0.4, -0.2) is 18.6 Å². The number of nitrogens with zero attached hydrogens (tertiary/aromatic N) is 1. The van der Waals surface area contributed by atoms with Gasteiger partial charge in [-0.25, -0.2) is 4.98 Å². The molecule has 0 spiro atoms. The largest absolute Gasteiger partial charge is 0.383 e. The molecular weight excluding hydrogens is 174 g/mol. The molecule has 0 fully saturated rings. The molecule has 0 saturated heterocycles. The Morgan fingerprint density at radius 3 is 3.07 bits per heavy atom. The molecule has 0 aliphatic carbocycles. The molecular formula is C11H17N3. The molecule has 0 unspecified atom stereocenters. The molecule has 1 aromatic heterocycles. The fourth-order valence-corrected chi connectivity index (χ4v) is 1.18. The van der Waals surface area contributed by atoms with E-state index in [2.05, 4.69) is 22.5 Å². The molecule has 3 N–H and O–H groups in total. The average Bonchev–Trinajstić information content (AvgIpc) is 2.20. The van der Waals surface area contributed by atoms with Crippen molar-refractivity contribution in [2.75, 3.05) is 19.3 Å².